The second kappa shape index (κ2) is 13.8. The van der Waals surface area contributed by atoms with Crippen molar-refractivity contribution in [2.75, 3.05) is 0 Å². The maximum absolute atomic E-state index is 13.7. The van der Waals surface area contributed by atoms with E-state index in [0.29, 0.717) is 29.7 Å². The van der Waals surface area contributed by atoms with E-state index in [0.717, 1.165) is 19.3 Å². The third kappa shape index (κ3) is 8.72. The number of hydrogen-bond donors (Lipinski definition) is 1. The lowest BCUT2D eigenvalue weighted by Crippen LogP contribution is -2.39. The van der Waals surface area contributed by atoms with Crippen molar-refractivity contribution in [3.8, 4) is 0 Å². The molecule has 0 aromatic rings. The zero-order valence-electron chi connectivity index (χ0n) is 19.3. The van der Waals surface area contributed by atoms with E-state index in [1.165, 1.54) is 122 Å². The first kappa shape index (κ1) is 23.3. The van der Waals surface area contributed by atoms with Crippen LogP contribution in [0.3, 0.4) is 0 Å². The Kier molecular flexibility index (Phi) is 11.1. The summed E-state index contributed by atoms with van der Waals surface area (Å²) in [4.78, 5) is 13.7. The summed E-state index contributed by atoms with van der Waals surface area (Å²) in [5, 5.41) is 4.12. The van der Waals surface area contributed by atoms with E-state index < -0.39 is 0 Å². The molecule has 168 valence electrons. The zero-order valence-corrected chi connectivity index (χ0v) is 19.3. The van der Waals surface area contributed by atoms with E-state index in [9.17, 15) is 4.79 Å². The average Bonchev–Trinajstić information content (AvgIpc) is 2.80. The van der Waals surface area contributed by atoms with Gasteiger partial charge in [-0.15, -0.1) is 0 Å². The third-order valence-corrected chi connectivity index (χ3v) is 8.17. The Bertz CT molecular complexity index is 448. The average molecular weight is 404 g/mol. The highest BCUT2D eigenvalue weighted by Crippen LogP contribution is 2.31. The molecule has 3 fully saturated rings. The van der Waals surface area contributed by atoms with Crippen molar-refractivity contribution >= 4 is 5.78 Å². The first-order valence-corrected chi connectivity index (χ1v) is 13.6. The lowest BCUT2D eigenvalue weighted by molar-refractivity contribution is -0.127. The van der Waals surface area contributed by atoms with Crippen LogP contribution >= 0.6 is 0 Å². The molecule has 0 aromatic carbocycles. The molecule has 2 heteroatoms. The molecule has 2 nitrogen and oxygen atoms in total. The monoisotopic (exact) mass is 403 g/mol. The molecule has 1 N–H and O–H groups in total. The highest BCUT2D eigenvalue weighted by molar-refractivity contribution is 5.83. The Morgan fingerprint density at radius 3 is 1.48 bits per heavy atom. The minimum Gasteiger partial charge on any atom is -0.311 e. The van der Waals surface area contributed by atoms with Crippen molar-refractivity contribution in [2.45, 2.75) is 153 Å². The van der Waals surface area contributed by atoms with Crippen LogP contribution in [0.2, 0.25) is 0 Å². The van der Waals surface area contributed by atoms with Crippen LogP contribution in [0.15, 0.2) is 0 Å². The van der Waals surface area contributed by atoms with Gasteiger partial charge in [-0.25, -0.2) is 0 Å². The van der Waals surface area contributed by atoms with Gasteiger partial charge in [0.1, 0.15) is 5.78 Å². The molecule has 2 aliphatic carbocycles. The highest BCUT2D eigenvalue weighted by Gasteiger charge is 2.31. The normalized spacial score (nSPS) is 35.2. The molecule has 3 rings (SSSR count). The van der Waals surface area contributed by atoms with Crippen molar-refractivity contribution in [1.82, 2.24) is 5.32 Å². The Balaban J connectivity index is 1.73. The van der Waals surface area contributed by atoms with Gasteiger partial charge >= 0.3 is 0 Å². The van der Waals surface area contributed by atoms with Gasteiger partial charge in [-0.1, -0.05) is 96.3 Å². The molecule has 1 aliphatic heterocycles. The van der Waals surface area contributed by atoms with Crippen molar-refractivity contribution in [2.24, 2.45) is 11.8 Å². The molecule has 0 amide bonds. The molecule has 0 aromatic heterocycles. The number of ketones is 1. The largest absolute Gasteiger partial charge is 0.311 e. The van der Waals surface area contributed by atoms with Gasteiger partial charge in [0.2, 0.25) is 0 Å². The molecule has 29 heavy (non-hydrogen) atoms. The zero-order chi connectivity index (χ0) is 20.2. The molecule has 2 saturated carbocycles. The lowest BCUT2D eigenvalue weighted by Gasteiger charge is -2.27. The van der Waals surface area contributed by atoms with E-state index in [1.54, 1.807) is 0 Å². The number of rotatable bonds is 0. The molecule has 0 radical (unpaired) electrons. The summed E-state index contributed by atoms with van der Waals surface area (Å²) >= 11 is 0. The standard InChI is InChI=1S/C27H49NO/c29-27-23-16-12-8-5-3-7-10-14-18-25(21-20-23)28-26-19-15-11-6-2-1-4-9-13-17-24(27)22-26/h23-26,28H,1-22H2. The van der Waals surface area contributed by atoms with Gasteiger partial charge in [-0.05, 0) is 44.9 Å². The van der Waals surface area contributed by atoms with Crippen LogP contribution in [0, 0.1) is 11.8 Å². The Hall–Kier alpha value is -0.370. The summed E-state index contributed by atoms with van der Waals surface area (Å²) in [6.07, 6.45) is 29.1. The first-order valence-electron chi connectivity index (χ1n) is 13.6. The maximum atomic E-state index is 13.7. The van der Waals surface area contributed by atoms with E-state index in [4.69, 9.17) is 0 Å². The van der Waals surface area contributed by atoms with Crippen LogP contribution in [0.4, 0.5) is 0 Å². The van der Waals surface area contributed by atoms with Crippen LogP contribution in [0.1, 0.15) is 141 Å². The summed E-state index contributed by atoms with van der Waals surface area (Å²) in [6, 6.07) is 1.24. The predicted octanol–water partition coefficient (Wildman–Crippen LogP) is 7.74. The summed E-state index contributed by atoms with van der Waals surface area (Å²) < 4.78 is 0. The second-order valence-corrected chi connectivity index (χ2v) is 10.6. The molecule has 0 spiro atoms. The number of hydrogen-bond acceptors (Lipinski definition) is 2. The van der Waals surface area contributed by atoms with Crippen molar-refractivity contribution in [3.63, 3.8) is 0 Å². The second-order valence-electron chi connectivity index (χ2n) is 10.6. The molecular weight excluding hydrogens is 354 g/mol. The van der Waals surface area contributed by atoms with E-state index >= 15 is 0 Å². The van der Waals surface area contributed by atoms with Gasteiger partial charge in [0.25, 0.3) is 0 Å². The quantitative estimate of drug-likeness (QED) is 0.448. The molecule has 4 unspecified atom stereocenters. The lowest BCUT2D eigenvalue weighted by atomic mass is 9.80. The third-order valence-electron chi connectivity index (χ3n) is 8.17. The van der Waals surface area contributed by atoms with E-state index in [-0.39, 0.29) is 0 Å². The van der Waals surface area contributed by atoms with Crippen LogP contribution in [-0.2, 0) is 4.79 Å². The number of carbonyl (C=O) groups excluding carboxylic acids is 1. The van der Waals surface area contributed by atoms with Gasteiger partial charge in [0, 0.05) is 23.9 Å². The smallest absolute Gasteiger partial charge is 0.139 e. The maximum Gasteiger partial charge on any atom is 0.139 e. The molecule has 4 atom stereocenters. The Morgan fingerprint density at radius 1 is 0.448 bits per heavy atom. The molecule has 4 bridgehead atoms. The summed E-state index contributed by atoms with van der Waals surface area (Å²) in [5.74, 6) is 1.37. The number of fused-ring (bicyclic) bond motifs is 5. The fourth-order valence-electron chi connectivity index (χ4n) is 6.31. The van der Waals surface area contributed by atoms with Crippen LogP contribution < -0.4 is 5.32 Å². The Morgan fingerprint density at radius 2 is 0.897 bits per heavy atom. The van der Waals surface area contributed by atoms with E-state index in [2.05, 4.69) is 5.32 Å². The Labute approximate surface area is 181 Å². The predicted molar refractivity (Wildman–Crippen MR) is 124 cm³/mol. The van der Waals surface area contributed by atoms with Crippen molar-refractivity contribution in [3.05, 3.63) is 0 Å². The molecule has 1 heterocycles. The molecule has 3 aliphatic rings. The minimum absolute atomic E-state index is 0.338. The van der Waals surface area contributed by atoms with Crippen LogP contribution in [0.25, 0.3) is 0 Å². The molecular formula is C27H49NO. The number of carbonyl (C=O) groups is 1. The first-order chi connectivity index (χ1) is 14.3. The SMILES string of the molecule is O=C1C2CCCCCCCCCC(CC2)NC2CCCCCCCCCCC1C2. The van der Waals surface area contributed by atoms with E-state index in [1.807, 2.05) is 0 Å². The summed E-state index contributed by atoms with van der Waals surface area (Å²) in [6.45, 7) is 0. The minimum atomic E-state index is 0.338. The van der Waals surface area contributed by atoms with Gasteiger partial charge in [-0.3, -0.25) is 4.79 Å². The fourth-order valence-corrected chi connectivity index (χ4v) is 6.31. The van der Waals surface area contributed by atoms with Gasteiger partial charge in [0.15, 0.2) is 0 Å². The summed E-state index contributed by atoms with van der Waals surface area (Å²) in [5.41, 5.74) is 0. The topological polar surface area (TPSA) is 29.1 Å². The molecule has 1 saturated heterocycles. The van der Waals surface area contributed by atoms with Crippen molar-refractivity contribution in [1.29, 1.82) is 0 Å². The highest BCUT2D eigenvalue weighted by atomic mass is 16.1. The fraction of sp³-hybridized carbons (Fsp3) is 0.963. The van der Waals surface area contributed by atoms with Gasteiger partial charge in [0.05, 0.1) is 0 Å². The van der Waals surface area contributed by atoms with Crippen LogP contribution in [-0.4, -0.2) is 17.9 Å². The summed E-state index contributed by atoms with van der Waals surface area (Å²) in [7, 11) is 0. The van der Waals surface area contributed by atoms with Gasteiger partial charge in [-0.2, -0.15) is 0 Å². The van der Waals surface area contributed by atoms with Crippen LogP contribution in [0.5, 0.6) is 0 Å². The van der Waals surface area contributed by atoms with Crippen molar-refractivity contribution < 1.29 is 4.79 Å². The number of Topliss-reactive ketones (excluding diaryl/α,β-unsaturated/α-hetero) is 1. The van der Waals surface area contributed by atoms with Gasteiger partial charge < -0.3 is 5.32 Å². The number of nitrogens with one attached hydrogen (secondary N) is 1.